The van der Waals surface area contributed by atoms with Crippen LogP contribution in [0.4, 0.5) is 10.5 Å². The largest absolute Gasteiger partial charge is 0.447 e. The number of cyclic esters (lactones) is 1. The highest BCUT2D eigenvalue weighted by Gasteiger charge is 2.34. The molecule has 0 unspecified atom stereocenters. The summed E-state index contributed by atoms with van der Waals surface area (Å²) in [6.45, 7) is 2.03. The number of aryl methyl sites for hydroxylation is 1. The molecule has 0 aromatic heterocycles. The number of ether oxygens (including phenoxy) is 1. The molecule has 1 aliphatic carbocycles. The van der Waals surface area contributed by atoms with Gasteiger partial charge in [-0.2, -0.15) is 0 Å². The van der Waals surface area contributed by atoms with Gasteiger partial charge in [-0.25, -0.2) is 4.79 Å². The number of nitrogens with zero attached hydrogens (tertiary/aromatic N) is 1. The summed E-state index contributed by atoms with van der Waals surface area (Å²) >= 11 is 0. The van der Waals surface area contributed by atoms with Crippen molar-refractivity contribution in [3.8, 4) is 0 Å². The quantitative estimate of drug-likeness (QED) is 0.866. The normalized spacial score (nSPS) is 20.7. The van der Waals surface area contributed by atoms with Crippen molar-refractivity contribution in [2.24, 2.45) is 0 Å². The lowest BCUT2D eigenvalue weighted by Gasteiger charge is -2.22. The van der Waals surface area contributed by atoms with Crippen molar-refractivity contribution in [3.63, 3.8) is 0 Å². The zero-order chi connectivity index (χ0) is 16.4. The number of nitrogens with one attached hydrogen (secondary N) is 1. The number of carbonyl (C=O) groups is 3. The molecule has 1 aliphatic heterocycles. The maximum Gasteiger partial charge on any atom is 0.414 e. The third-order valence-electron chi connectivity index (χ3n) is 4.32. The molecule has 0 bridgehead atoms. The van der Waals surface area contributed by atoms with Gasteiger partial charge in [-0.1, -0.05) is 0 Å². The summed E-state index contributed by atoms with van der Waals surface area (Å²) in [6, 6.07) is 5.27. The van der Waals surface area contributed by atoms with E-state index in [0.717, 1.165) is 36.1 Å². The zero-order valence-corrected chi connectivity index (χ0v) is 13.1. The van der Waals surface area contributed by atoms with Gasteiger partial charge in [0.25, 0.3) is 0 Å². The molecule has 2 amide bonds. The Kier molecular flexibility index (Phi) is 4.32. The Bertz CT molecular complexity index is 656. The molecular formula is C17H20N2O4. The summed E-state index contributed by atoms with van der Waals surface area (Å²) in [4.78, 5) is 36.8. The van der Waals surface area contributed by atoms with Gasteiger partial charge in [0.2, 0.25) is 5.91 Å². The van der Waals surface area contributed by atoms with E-state index in [1.807, 2.05) is 6.07 Å². The first-order chi connectivity index (χ1) is 11.1. The summed E-state index contributed by atoms with van der Waals surface area (Å²) in [5, 5.41) is 2.72. The molecule has 1 aromatic carbocycles. The molecule has 2 aliphatic rings. The second-order valence-corrected chi connectivity index (χ2v) is 6.01. The van der Waals surface area contributed by atoms with Crippen LogP contribution >= 0.6 is 0 Å². The second-order valence-electron chi connectivity index (χ2n) is 6.01. The molecule has 1 N–H and O–H groups in total. The highest BCUT2D eigenvalue weighted by atomic mass is 16.6. The van der Waals surface area contributed by atoms with Crippen LogP contribution in [-0.4, -0.2) is 37.0 Å². The third-order valence-corrected chi connectivity index (χ3v) is 4.32. The van der Waals surface area contributed by atoms with Gasteiger partial charge >= 0.3 is 6.09 Å². The number of rotatable bonds is 3. The van der Waals surface area contributed by atoms with Crippen molar-refractivity contribution in [3.05, 3.63) is 29.3 Å². The molecule has 0 saturated carbocycles. The van der Waals surface area contributed by atoms with E-state index in [9.17, 15) is 14.4 Å². The molecule has 122 valence electrons. The minimum absolute atomic E-state index is 0.142. The van der Waals surface area contributed by atoms with Crippen LogP contribution in [0.15, 0.2) is 18.2 Å². The van der Waals surface area contributed by atoms with Gasteiger partial charge in [0, 0.05) is 31.1 Å². The number of anilines is 1. The fourth-order valence-corrected chi connectivity index (χ4v) is 3.13. The molecule has 6 heteroatoms. The van der Waals surface area contributed by atoms with Crippen molar-refractivity contribution in [2.45, 2.75) is 38.6 Å². The van der Waals surface area contributed by atoms with Gasteiger partial charge in [0.05, 0.1) is 6.04 Å². The Balaban J connectivity index is 1.87. The van der Waals surface area contributed by atoms with Crippen LogP contribution in [0, 0.1) is 0 Å². The average molecular weight is 316 g/mol. The second kappa shape index (κ2) is 6.40. The Morgan fingerprint density at radius 2 is 2.09 bits per heavy atom. The Morgan fingerprint density at radius 1 is 1.30 bits per heavy atom. The lowest BCUT2D eigenvalue weighted by Crippen LogP contribution is -2.42. The van der Waals surface area contributed by atoms with Crippen molar-refractivity contribution in [1.82, 2.24) is 5.32 Å². The van der Waals surface area contributed by atoms with Gasteiger partial charge in [0.1, 0.15) is 6.61 Å². The number of hydrogen-bond acceptors (Lipinski definition) is 4. The first-order valence-electron chi connectivity index (χ1n) is 7.93. The number of benzene rings is 1. The molecule has 1 fully saturated rings. The van der Waals surface area contributed by atoms with Crippen LogP contribution in [0.25, 0.3) is 0 Å². The monoisotopic (exact) mass is 316 g/mol. The molecule has 1 atom stereocenters. The number of fused-ring (bicyclic) bond motifs is 1. The third kappa shape index (κ3) is 3.21. The van der Waals surface area contributed by atoms with Crippen LogP contribution in [0.1, 0.15) is 42.1 Å². The highest BCUT2D eigenvalue weighted by Crippen LogP contribution is 2.29. The maximum atomic E-state index is 12.1. The van der Waals surface area contributed by atoms with E-state index in [4.69, 9.17) is 4.74 Å². The predicted octanol–water partition coefficient (Wildman–Crippen LogP) is 2.06. The van der Waals surface area contributed by atoms with Crippen LogP contribution in [0.5, 0.6) is 0 Å². The van der Waals surface area contributed by atoms with Crippen molar-refractivity contribution in [1.29, 1.82) is 0 Å². The van der Waals surface area contributed by atoms with Gasteiger partial charge < -0.3 is 10.1 Å². The number of hydrogen-bond donors (Lipinski definition) is 1. The summed E-state index contributed by atoms with van der Waals surface area (Å²) < 4.78 is 5.12. The highest BCUT2D eigenvalue weighted by molar-refractivity contribution is 5.99. The summed E-state index contributed by atoms with van der Waals surface area (Å²) in [5.74, 6) is 0.0275. The van der Waals surface area contributed by atoms with Gasteiger partial charge in [0.15, 0.2) is 5.78 Å². The summed E-state index contributed by atoms with van der Waals surface area (Å²) in [6.07, 6.45) is 2.89. The molecule has 0 spiro atoms. The van der Waals surface area contributed by atoms with Gasteiger partial charge in [-0.3, -0.25) is 14.5 Å². The van der Waals surface area contributed by atoms with Crippen LogP contribution in [-0.2, 0) is 16.0 Å². The van der Waals surface area contributed by atoms with Crippen molar-refractivity contribution in [2.75, 3.05) is 18.1 Å². The molecule has 1 saturated heterocycles. The molecule has 23 heavy (non-hydrogen) atoms. The van der Waals surface area contributed by atoms with E-state index in [0.29, 0.717) is 13.0 Å². The number of carbonyl (C=O) groups excluding carboxylic acids is 3. The molecule has 6 nitrogen and oxygen atoms in total. The first kappa shape index (κ1) is 15.5. The van der Waals surface area contributed by atoms with Crippen molar-refractivity contribution >= 4 is 23.5 Å². The number of ketones is 1. The molecule has 1 heterocycles. The van der Waals surface area contributed by atoms with Gasteiger partial charge in [-0.15, -0.1) is 0 Å². The Hall–Kier alpha value is -2.37. The van der Waals surface area contributed by atoms with E-state index >= 15 is 0 Å². The molecule has 1 aromatic rings. The van der Waals surface area contributed by atoms with E-state index in [1.165, 1.54) is 6.92 Å². The van der Waals surface area contributed by atoms with E-state index in [2.05, 4.69) is 5.32 Å². The summed E-state index contributed by atoms with van der Waals surface area (Å²) in [7, 11) is 0. The Labute approximate surface area is 134 Å². The standard InChI is InChI=1S/C17H20N2O4/c1-11(20)18-9-14-10-23-17(22)19(14)13-6-7-15-12(8-13)4-2-3-5-16(15)21/h6-8,14H,2-5,9-10H2,1H3,(H,18,20)/t14-/m0/s1. The topological polar surface area (TPSA) is 75.7 Å². The van der Waals surface area contributed by atoms with Crippen LogP contribution < -0.4 is 10.2 Å². The number of amides is 2. The van der Waals surface area contributed by atoms with Crippen LogP contribution in [0.3, 0.4) is 0 Å². The number of Topliss-reactive ketones (excluding diaryl/α,β-unsaturated/α-hetero) is 1. The SMILES string of the molecule is CC(=O)NC[C@H]1COC(=O)N1c1ccc2c(c1)CCCCC2=O. The lowest BCUT2D eigenvalue weighted by molar-refractivity contribution is -0.119. The summed E-state index contributed by atoms with van der Waals surface area (Å²) in [5.41, 5.74) is 2.47. The predicted molar refractivity (Wildman–Crippen MR) is 84.6 cm³/mol. The van der Waals surface area contributed by atoms with E-state index in [1.54, 1.807) is 17.0 Å². The minimum atomic E-state index is -0.416. The van der Waals surface area contributed by atoms with E-state index in [-0.39, 0.29) is 24.3 Å². The zero-order valence-electron chi connectivity index (χ0n) is 13.1. The van der Waals surface area contributed by atoms with Crippen LogP contribution in [0.2, 0.25) is 0 Å². The average Bonchev–Trinajstić information content (AvgIpc) is 2.79. The maximum absolute atomic E-state index is 12.1. The fourth-order valence-electron chi connectivity index (χ4n) is 3.13. The molecular weight excluding hydrogens is 296 g/mol. The Morgan fingerprint density at radius 3 is 2.87 bits per heavy atom. The minimum Gasteiger partial charge on any atom is -0.447 e. The van der Waals surface area contributed by atoms with E-state index < -0.39 is 6.09 Å². The lowest BCUT2D eigenvalue weighted by atomic mass is 10.0. The smallest absolute Gasteiger partial charge is 0.414 e. The molecule has 0 radical (unpaired) electrons. The first-order valence-corrected chi connectivity index (χ1v) is 7.93. The van der Waals surface area contributed by atoms with Crippen molar-refractivity contribution < 1.29 is 19.1 Å². The molecule has 3 rings (SSSR count). The fraction of sp³-hybridized carbons (Fsp3) is 0.471. The van der Waals surface area contributed by atoms with Gasteiger partial charge in [-0.05, 0) is 43.0 Å².